The Morgan fingerprint density at radius 3 is 2.24 bits per heavy atom. The first-order chi connectivity index (χ1) is 11.3. The molecule has 0 aliphatic carbocycles. The van der Waals surface area contributed by atoms with Crippen molar-refractivity contribution in [1.29, 1.82) is 0 Å². The summed E-state index contributed by atoms with van der Waals surface area (Å²) in [5, 5.41) is 0. The van der Waals surface area contributed by atoms with Crippen molar-refractivity contribution in [2.45, 2.75) is 37.3 Å². The largest absolute Gasteiger partial charge is 0.433 e. The van der Waals surface area contributed by atoms with Crippen LogP contribution < -0.4 is 4.72 Å². The number of alkyl halides is 3. The zero-order valence-electron chi connectivity index (χ0n) is 13.6. The van der Waals surface area contributed by atoms with Crippen molar-refractivity contribution >= 4 is 38.3 Å². The molecule has 2 aromatic rings. The van der Waals surface area contributed by atoms with Gasteiger partial charge in [0, 0.05) is 0 Å². The van der Waals surface area contributed by atoms with Crippen molar-refractivity contribution in [1.82, 2.24) is 4.98 Å². The second-order valence-electron chi connectivity index (χ2n) is 6.42. The van der Waals surface area contributed by atoms with Crippen molar-refractivity contribution in [3.05, 3.63) is 51.4 Å². The van der Waals surface area contributed by atoms with Gasteiger partial charge in [0.05, 0.1) is 10.6 Å². The molecule has 136 valence electrons. The lowest BCUT2D eigenvalue weighted by Gasteiger charge is -2.20. The quantitative estimate of drug-likeness (QED) is 0.503. The second kappa shape index (κ2) is 6.75. The van der Waals surface area contributed by atoms with Gasteiger partial charge < -0.3 is 0 Å². The lowest BCUT2D eigenvalue weighted by molar-refractivity contribution is -0.141. The van der Waals surface area contributed by atoms with Crippen molar-refractivity contribution in [3.63, 3.8) is 0 Å². The first-order valence-corrected chi connectivity index (χ1v) is 9.74. The van der Waals surface area contributed by atoms with Gasteiger partial charge in [0.25, 0.3) is 10.0 Å². The second-order valence-corrected chi connectivity index (χ2v) is 9.12. The Morgan fingerprint density at radius 1 is 1.08 bits per heavy atom. The minimum atomic E-state index is -4.58. The van der Waals surface area contributed by atoms with Crippen LogP contribution in [-0.4, -0.2) is 13.4 Å². The summed E-state index contributed by atoms with van der Waals surface area (Å²) in [7, 11) is -3.94. The SMILES string of the molecule is CC(C)(C)c1cccc(S(=O)(=O)Nc2ccc(C(F)(F)F)nc2I)c1. The summed E-state index contributed by atoms with van der Waals surface area (Å²) in [6.45, 7) is 5.86. The lowest BCUT2D eigenvalue weighted by atomic mass is 9.87. The molecule has 0 aliphatic heterocycles. The van der Waals surface area contributed by atoms with Crippen LogP contribution in [0.3, 0.4) is 0 Å². The Kier molecular flexibility index (Phi) is 5.39. The minimum absolute atomic E-state index is 0.00485. The number of hydrogen-bond donors (Lipinski definition) is 1. The first-order valence-electron chi connectivity index (χ1n) is 7.18. The van der Waals surface area contributed by atoms with Crippen LogP contribution in [-0.2, 0) is 21.6 Å². The molecule has 0 saturated heterocycles. The molecule has 0 atom stereocenters. The molecular weight excluding hydrogens is 468 g/mol. The number of rotatable bonds is 3. The number of nitrogens with one attached hydrogen (secondary N) is 1. The predicted molar refractivity (Wildman–Crippen MR) is 97.9 cm³/mol. The maximum atomic E-state index is 12.7. The number of halogens is 4. The fourth-order valence-electron chi connectivity index (χ4n) is 2.00. The molecule has 0 bridgehead atoms. The van der Waals surface area contributed by atoms with Crippen molar-refractivity contribution < 1.29 is 21.6 Å². The number of nitrogens with zero attached hydrogens (tertiary/aromatic N) is 1. The third-order valence-electron chi connectivity index (χ3n) is 3.39. The van der Waals surface area contributed by atoms with Crippen molar-refractivity contribution in [2.24, 2.45) is 0 Å². The Labute approximate surface area is 158 Å². The van der Waals surface area contributed by atoms with Gasteiger partial charge in [-0.2, -0.15) is 13.2 Å². The number of anilines is 1. The summed E-state index contributed by atoms with van der Waals surface area (Å²) < 4.78 is 65.3. The molecule has 0 aliphatic rings. The topological polar surface area (TPSA) is 59.1 Å². The van der Waals surface area contributed by atoms with Crippen LogP contribution in [0.15, 0.2) is 41.3 Å². The number of pyridine rings is 1. The summed E-state index contributed by atoms with van der Waals surface area (Å²) in [6.07, 6.45) is -4.58. The van der Waals surface area contributed by atoms with E-state index in [4.69, 9.17) is 0 Å². The van der Waals surface area contributed by atoms with Gasteiger partial charge >= 0.3 is 6.18 Å². The van der Waals surface area contributed by atoms with E-state index in [2.05, 4.69) is 9.71 Å². The van der Waals surface area contributed by atoms with Crippen LogP contribution in [0.5, 0.6) is 0 Å². The molecule has 0 unspecified atom stereocenters. The van der Waals surface area contributed by atoms with E-state index in [9.17, 15) is 21.6 Å². The Bertz CT molecular complexity index is 891. The summed E-state index contributed by atoms with van der Waals surface area (Å²) >= 11 is 1.57. The van der Waals surface area contributed by atoms with Gasteiger partial charge in [-0.05, 0) is 57.8 Å². The molecule has 4 nitrogen and oxygen atoms in total. The molecule has 0 saturated carbocycles. The molecule has 0 fully saturated rings. The molecule has 2 rings (SSSR count). The normalized spacial score (nSPS) is 12.9. The predicted octanol–water partition coefficient (Wildman–Crippen LogP) is 4.80. The lowest BCUT2D eigenvalue weighted by Crippen LogP contribution is -2.17. The molecule has 1 N–H and O–H groups in total. The molecule has 1 aromatic carbocycles. The molecule has 0 amide bonds. The van der Waals surface area contributed by atoms with Gasteiger partial charge in [0.2, 0.25) is 0 Å². The molecule has 25 heavy (non-hydrogen) atoms. The maximum absolute atomic E-state index is 12.7. The van der Waals surface area contributed by atoms with Crippen LogP contribution in [0.25, 0.3) is 0 Å². The highest BCUT2D eigenvalue weighted by Gasteiger charge is 2.33. The van der Waals surface area contributed by atoms with Crippen LogP contribution in [0.1, 0.15) is 32.0 Å². The number of sulfonamides is 1. The van der Waals surface area contributed by atoms with Crippen molar-refractivity contribution in [2.75, 3.05) is 4.72 Å². The van der Waals surface area contributed by atoms with Gasteiger partial charge in [-0.3, -0.25) is 4.72 Å². The Hall–Kier alpha value is -1.36. The summed E-state index contributed by atoms with van der Waals surface area (Å²) in [4.78, 5) is 3.45. The monoisotopic (exact) mass is 484 g/mol. The number of benzene rings is 1. The van der Waals surface area contributed by atoms with Crippen LogP contribution in [0, 0.1) is 3.70 Å². The van der Waals surface area contributed by atoms with Gasteiger partial charge in [0.15, 0.2) is 0 Å². The zero-order valence-corrected chi connectivity index (χ0v) is 16.6. The van der Waals surface area contributed by atoms with E-state index >= 15 is 0 Å². The molecular formula is C16H16F3IN2O2S. The number of aromatic nitrogens is 1. The van der Waals surface area contributed by atoms with Gasteiger partial charge in [-0.25, -0.2) is 13.4 Å². The standard InChI is InChI=1S/C16H16F3IN2O2S/c1-15(2,3)10-5-4-6-11(9-10)25(23,24)22-12-7-8-13(16(17,18)19)21-14(12)20/h4-9,22H,1-3H3. The Balaban J connectivity index is 2.37. The van der Waals surface area contributed by atoms with E-state index in [1.54, 1.807) is 34.7 Å². The minimum Gasteiger partial charge on any atom is -0.277 e. The fraction of sp³-hybridized carbons (Fsp3) is 0.312. The third-order valence-corrected chi connectivity index (χ3v) is 5.58. The zero-order chi connectivity index (χ0) is 19.0. The number of hydrogen-bond acceptors (Lipinski definition) is 3. The van der Waals surface area contributed by atoms with E-state index in [0.29, 0.717) is 0 Å². The van der Waals surface area contributed by atoms with Crippen LogP contribution in [0.4, 0.5) is 18.9 Å². The van der Waals surface area contributed by atoms with E-state index < -0.39 is 21.9 Å². The van der Waals surface area contributed by atoms with E-state index in [1.807, 2.05) is 26.8 Å². The Morgan fingerprint density at radius 2 is 1.72 bits per heavy atom. The highest BCUT2D eigenvalue weighted by Crippen LogP contribution is 2.31. The molecule has 0 spiro atoms. The molecule has 9 heteroatoms. The van der Waals surface area contributed by atoms with Crippen LogP contribution in [0.2, 0.25) is 0 Å². The van der Waals surface area contributed by atoms with Gasteiger partial charge in [-0.1, -0.05) is 32.9 Å². The average molecular weight is 484 g/mol. The third kappa shape index (κ3) is 4.84. The fourth-order valence-corrected chi connectivity index (χ4v) is 3.87. The first kappa shape index (κ1) is 20.0. The van der Waals surface area contributed by atoms with Crippen LogP contribution >= 0.6 is 22.6 Å². The van der Waals surface area contributed by atoms with Crippen molar-refractivity contribution in [3.8, 4) is 0 Å². The maximum Gasteiger partial charge on any atom is 0.433 e. The van der Waals surface area contributed by atoms with Gasteiger partial charge in [-0.15, -0.1) is 0 Å². The smallest absolute Gasteiger partial charge is 0.277 e. The summed E-state index contributed by atoms with van der Waals surface area (Å²) in [6, 6.07) is 8.23. The highest BCUT2D eigenvalue weighted by molar-refractivity contribution is 14.1. The summed E-state index contributed by atoms with van der Waals surface area (Å²) in [5.74, 6) is 0. The highest BCUT2D eigenvalue weighted by atomic mass is 127. The molecule has 1 aromatic heterocycles. The molecule has 0 radical (unpaired) electrons. The average Bonchev–Trinajstić information content (AvgIpc) is 2.47. The van der Waals surface area contributed by atoms with E-state index in [-0.39, 0.29) is 19.7 Å². The van der Waals surface area contributed by atoms with E-state index in [1.165, 1.54) is 6.07 Å². The molecule has 1 heterocycles. The summed E-state index contributed by atoms with van der Waals surface area (Å²) in [5.41, 5.74) is -0.490. The van der Waals surface area contributed by atoms with Gasteiger partial charge in [0.1, 0.15) is 9.39 Å². The van der Waals surface area contributed by atoms with E-state index in [0.717, 1.165) is 17.7 Å².